The molecule has 6 heterocycles. The molecular weight excluding hydrogens is 779 g/mol. The predicted octanol–water partition coefficient (Wildman–Crippen LogP) is 2.93. The molecule has 1 spiro atoms. The van der Waals surface area contributed by atoms with Gasteiger partial charge in [0, 0.05) is 90.9 Å². The number of aliphatic hydroxyl groups excluding tert-OH is 1. The summed E-state index contributed by atoms with van der Waals surface area (Å²) in [5.74, 6) is -1.34. The third-order valence-electron chi connectivity index (χ3n) is 15.9. The summed E-state index contributed by atoms with van der Waals surface area (Å²) < 4.78 is 17.4. The van der Waals surface area contributed by atoms with Crippen molar-refractivity contribution >= 4 is 34.4 Å². The lowest BCUT2D eigenvalue weighted by atomic mass is 9.47. The number of hydrogen-bond donors (Lipinski definition) is 5. The third kappa shape index (κ3) is 5.74. The van der Waals surface area contributed by atoms with Gasteiger partial charge in [0.05, 0.1) is 32.4 Å². The van der Waals surface area contributed by atoms with Gasteiger partial charge >= 0.3 is 11.9 Å². The zero-order valence-electron chi connectivity index (χ0n) is 36.3. The van der Waals surface area contributed by atoms with Gasteiger partial charge in [-0.1, -0.05) is 44.2 Å². The average molecular weight is 840 g/mol. The molecule has 5 aliphatic heterocycles. The molecule has 5 N–H and O–H groups in total. The Hall–Kier alpha value is -4.47. The highest BCUT2D eigenvalue weighted by Gasteiger charge is 2.78. The van der Waals surface area contributed by atoms with E-state index in [1.165, 1.54) is 14.0 Å². The number of esters is 2. The predicted molar refractivity (Wildman–Crippen MR) is 229 cm³/mol. The van der Waals surface area contributed by atoms with E-state index in [1.807, 2.05) is 62.2 Å². The molecule has 10 atom stereocenters. The number of para-hydroxylation sites is 1. The number of piperidine rings is 1. The van der Waals surface area contributed by atoms with E-state index in [-0.39, 0.29) is 25.1 Å². The molecule has 14 heteroatoms. The van der Waals surface area contributed by atoms with Crippen LogP contribution >= 0.6 is 0 Å². The number of aromatic amines is 1. The highest BCUT2D eigenvalue weighted by molar-refractivity contribution is 5.95. The van der Waals surface area contributed by atoms with Crippen molar-refractivity contribution in [1.29, 1.82) is 0 Å². The van der Waals surface area contributed by atoms with E-state index in [2.05, 4.69) is 32.2 Å². The maximum absolute atomic E-state index is 15.3. The van der Waals surface area contributed by atoms with Crippen molar-refractivity contribution in [3.63, 3.8) is 0 Å². The van der Waals surface area contributed by atoms with Gasteiger partial charge in [0.2, 0.25) is 0 Å². The number of fused-ring (bicyclic) bond motifs is 6. The molecule has 3 aromatic rings. The lowest BCUT2D eigenvalue weighted by molar-refractivity contribution is -0.203. The molecular formula is C47H61N5O9. The van der Waals surface area contributed by atoms with Gasteiger partial charge in [-0.05, 0) is 74.2 Å². The molecule has 3 fully saturated rings. The standard InChI is InChI=1S/C47H61N5O9/c1-7-43(57)24-29-25-46(42(56)60-6,37-31(14-19-51(26-29)27-43)30-12-9-10-13-34(30)49-37)33-22-32-35(23-36(33)59-5)50(4)39-45(32)16-20-52-18-11-15-44(8-2,38(45)52)40(54)47(39,58)41(55)48-17-21-61-28(3)53/h9-13,15,22-23,29,38-40,49,54,57-58H,7-8,14,16-21,24-27H2,1-6H3,(H,48,55)/t29-,38+,39-,40-,43+,44-,45-,46+,47+/m1/s1. The zero-order chi connectivity index (χ0) is 43.3. The van der Waals surface area contributed by atoms with Crippen molar-refractivity contribution in [3.05, 3.63) is 70.9 Å². The number of nitrogens with zero attached hydrogens (tertiary/aromatic N) is 3. The Labute approximate surface area is 357 Å². The number of carbonyl (C=O) groups excluding carboxylic acids is 3. The van der Waals surface area contributed by atoms with Gasteiger partial charge in [0.25, 0.3) is 5.91 Å². The highest BCUT2D eigenvalue weighted by Crippen LogP contribution is 2.67. The van der Waals surface area contributed by atoms with Gasteiger partial charge in [-0.15, -0.1) is 0 Å². The van der Waals surface area contributed by atoms with Crippen LogP contribution < -0.4 is 15.0 Å². The number of anilines is 1. The van der Waals surface area contributed by atoms with Crippen LogP contribution in [0.2, 0.25) is 0 Å². The van der Waals surface area contributed by atoms with Gasteiger partial charge in [-0.25, -0.2) is 0 Å². The molecule has 1 saturated carbocycles. The molecule has 1 aliphatic carbocycles. The fraction of sp³-hybridized carbons (Fsp3) is 0.596. The van der Waals surface area contributed by atoms with Crippen LogP contribution in [0.4, 0.5) is 5.69 Å². The van der Waals surface area contributed by atoms with Crippen molar-refractivity contribution in [2.45, 2.75) is 99.5 Å². The van der Waals surface area contributed by atoms with Crippen molar-refractivity contribution in [3.8, 4) is 5.75 Å². The highest BCUT2D eigenvalue weighted by atomic mass is 16.5. The molecule has 1 aromatic heterocycles. The van der Waals surface area contributed by atoms with Crippen LogP contribution in [0.3, 0.4) is 0 Å². The molecule has 9 rings (SSSR count). The molecule has 328 valence electrons. The summed E-state index contributed by atoms with van der Waals surface area (Å²) >= 11 is 0. The monoisotopic (exact) mass is 839 g/mol. The molecule has 0 radical (unpaired) electrons. The summed E-state index contributed by atoms with van der Waals surface area (Å²) in [6.45, 7) is 8.42. The minimum atomic E-state index is -2.33. The van der Waals surface area contributed by atoms with Crippen LogP contribution in [0.15, 0.2) is 48.6 Å². The molecule has 1 amide bonds. The molecule has 2 bridgehead atoms. The fourth-order valence-corrected chi connectivity index (χ4v) is 13.5. The van der Waals surface area contributed by atoms with E-state index < -0.39 is 57.4 Å². The number of aliphatic hydroxyl groups is 3. The number of H-pyrrole nitrogens is 1. The first kappa shape index (κ1) is 41.9. The van der Waals surface area contributed by atoms with Crippen molar-refractivity contribution in [2.75, 3.05) is 72.0 Å². The lowest BCUT2D eigenvalue weighted by Gasteiger charge is -2.63. The number of benzene rings is 2. The summed E-state index contributed by atoms with van der Waals surface area (Å²) in [6, 6.07) is 10.9. The number of methoxy groups -OCH3 is 2. The Morgan fingerprint density at radius 3 is 2.52 bits per heavy atom. The van der Waals surface area contributed by atoms with Crippen molar-refractivity contribution in [1.82, 2.24) is 20.1 Å². The van der Waals surface area contributed by atoms with Gasteiger partial charge in [0.1, 0.15) is 23.9 Å². The number of nitrogens with one attached hydrogen (secondary N) is 2. The summed E-state index contributed by atoms with van der Waals surface area (Å²) in [5.41, 5.74) is -1.78. The first-order chi connectivity index (χ1) is 29.2. The number of carbonyl (C=O) groups is 3. The van der Waals surface area contributed by atoms with Crippen LogP contribution in [0.5, 0.6) is 5.75 Å². The Balaban J connectivity index is 1.31. The number of ether oxygens (including phenoxy) is 3. The van der Waals surface area contributed by atoms with Crippen LogP contribution in [-0.4, -0.2) is 144 Å². The average Bonchev–Trinajstić information content (AvgIpc) is 3.92. The van der Waals surface area contributed by atoms with E-state index in [4.69, 9.17) is 14.2 Å². The second-order valence-electron chi connectivity index (χ2n) is 18.7. The van der Waals surface area contributed by atoms with Gasteiger partial charge in [-0.3, -0.25) is 24.2 Å². The SMILES string of the molecule is CC[C@]1(O)C[C@H]2CN(CCc3c([nH]c4ccccc34)[C@@](C(=O)OC)(c3cc4c(cc3OC)N(C)[C@H]3[C@@](O)(C(=O)NCCOC(C)=O)[C@H](O)[C@]5(CC)C=CCN6CC[C@]43[C@@H]65)C2)C1. The smallest absolute Gasteiger partial charge is 0.322 e. The van der Waals surface area contributed by atoms with E-state index in [0.717, 1.165) is 33.4 Å². The van der Waals surface area contributed by atoms with Crippen molar-refractivity contribution < 1.29 is 43.9 Å². The van der Waals surface area contributed by atoms with Gasteiger partial charge in [0.15, 0.2) is 5.60 Å². The molecule has 6 aliphatic rings. The number of likely N-dealkylation sites (N-methyl/N-ethyl adjacent to an activating group) is 1. The number of amides is 1. The van der Waals surface area contributed by atoms with Gasteiger partial charge < -0.3 is 44.7 Å². The fourth-order valence-electron chi connectivity index (χ4n) is 13.5. The quantitative estimate of drug-likeness (QED) is 0.121. The van der Waals surface area contributed by atoms with Gasteiger partial charge in [-0.2, -0.15) is 0 Å². The summed E-state index contributed by atoms with van der Waals surface area (Å²) in [4.78, 5) is 52.0. The number of hydrogen-bond acceptors (Lipinski definition) is 12. The van der Waals surface area contributed by atoms with E-state index in [1.54, 1.807) is 7.11 Å². The second kappa shape index (κ2) is 14.8. The largest absolute Gasteiger partial charge is 0.496 e. The molecule has 61 heavy (non-hydrogen) atoms. The van der Waals surface area contributed by atoms with E-state index in [9.17, 15) is 24.9 Å². The summed E-state index contributed by atoms with van der Waals surface area (Å²) in [5, 5.41) is 41.8. The van der Waals surface area contributed by atoms with E-state index >= 15 is 4.79 Å². The molecule has 14 nitrogen and oxygen atoms in total. The zero-order valence-corrected chi connectivity index (χ0v) is 36.3. The number of aromatic nitrogens is 1. The summed E-state index contributed by atoms with van der Waals surface area (Å²) in [6.07, 6.45) is 5.59. The van der Waals surface area contributed by atoms with Crippen LogP contribution in [0.25, 0.3) is 10.9 Å². The van der Waals surface area contributed by atoms with Crippen LogP contribution in [0.1, 0.15) is 75.3 Å². The Bertz CT molecular complexity index is 2300. The van der Waals surface area contributed by atoms with E-state index in [0.29, 0.717) is 82.6 Å². The molecule has 1 unspecified atom stereocenters. The second-order valence-corrected chi connectivity index (χ2v) is 18.7. The lowest BCUT2D eigenvalue weighted by Crippen LogP contribution is -2.81. The van der Waals surface area contributed by atoms with Crippen LogP contribution in [-0.2, 0) is 41.1 Å². The number of rotatable bonds is 9. The minimum absolute atomic E-state index is 0.0491. The normalized spacial score (nSPS) is 36.1. The summed E-state index contributed by atoms with van der Waals surface area (Å²) in [7, 11) is 4.88. The minimum Gasteiger partial charge on any atom is -0.496 e. The molecule has 2 saturated heterocycles. The third-order valence-corrected chi connectivity index (χ3v) is 15.9. The Kier molecular flexibility index (Phi) is 10.2. The Morgan fingerprint density at radius 2 is 1.80 bits per heavy atom. The topological polar surface area (TPSA) is 177 Å². The maximum Gasteiger partial charge on any atom is 0.322 e. The molecule has 2 aromatic carbocycles. The van der Waals surface area contributed by atoms with Crippen LogP contribution in [0, 0.1) is 11.3 Å². The van der Waals surface area contributed by atoms with Crippen molar-refractivity contribution in [2.24, 2.45) is 11.3 Å². The maximum atomic E-state index is 15.3. The Morgan fingerprint density at radius 1 is 1.02 bits per heavy atom. The first-order valence-electron chi connectivity index (χ1n) is 22.0. The first-order valence-corrected chi connectivity index (χ1v) is 22.0.